The molecule has 2 nitrogen and oxygen atoms in total. The molecule has 6 aromatic carbocycles. The van der Waals surface area contributed by atoms with Gasteiger partial charge in [-0.15, -0.1) is 0 Å². The van der Waals surface area contributed by atoms with Crippen LogP contribution in [0.3, 0.4) is 0 Å². The molecule has 174 valence electrons. The normalized spacial score (nSPS) is 16.8. The van der Waals surface area contributed by atoms with Gasteiger partial charge in [-0.05, 0) is 63.4 Å². The van der Waals surface area contributed by atoms with E-state index in [0.29, 0.717) is 0 Å². The van der Waals surface area contributed by atoms with Gasteiger partial charge in [0.15, 0.2) is 0 Å². The lowest BCUT2D eigenvalue weighted by Gasteiger charge is -2.44. The Morgan fingerprint density at radius 3 is 1.84 bits per heavy atom. The predicted octanol–water partition coefficient (Wildman–Crippen LogP) is 8.53. The Hall–Kier alpha value is -4.39. The highest BCUT2D eigenvalue weighted by Gasteiger charge is 2.47. The molecule has 0 N–H and O–H groups in total. The molecule has 0 saturated heterocycles. The molecular formula is C34H22NOP. The summed E-state index contributed by atoms with van der Waals surface area (Å²) >= 11 is 0. The number of benzene rings is 6. The summed E-state index contributed by atoms with van der Waals surface area (Å²) in [6.07, 6.45) is 0. The second-order valence-electron chi connectivity index (χ2n) is 9.70. The zero-order valence-electron chi connectivity index (χ0n) is 20.0. The maximum absolute atomic E-state index is 15.4. The van der Waals surface area contributed by atoms with Gasteiger partial charge in [-0.2, -0.15) is 0 Å². The fraction of sp³-hybridized carbons (Fsp3) is 0. The van der Waals surface area contributed by atoms with Crippen LogP contribution in [0.25, 0.3) is 44.2 Å². The summed E-state index contributed by atoms with van der Waals surface area (Å²) in [5, 5.41) is 4.27. The van der Waals surface area contributed by atoms with E-state index in [0.717, 1.165) is 49.8 Å². The van der Waals surface area contributed by atoms with Gasteiger partial charge < -0.3 is 0 Å². The fourth-order valence-electron chi connectivity index (χ4n) is 6.18. The molecule has 3 heteroatoms. The third-order valence-corrected chi connectivity index (χ3v) is 10.9. The van der Waals surface area contributed by atoms with Crippen LogP contribution in [0.2, 0.25) is 0 Å². The van der Waals surface area contributed by atoms with Crippen LogP contribution in [0.4, 0.5) is 11.4 Å². The topological polar surface area (TPSA) is 20.3 Å². The van der Waals surface area contributed by atoms with Gasteiger partial charge in [0.1, 0.15) is 0 Å². The lowest BCUT2D eigenvalue weighted by Crippen LogP contribution is -2.37. The van der Waals surface area contributed by atoms with Crippen LogP contribution in [0.15, 0.2) is 133 Å². The zero-order chi connectivity index (χ0) is 24.6. The summed E-state index contributed by atoms with van der Waals surface area (Å²) in [6.45, 7) is 0. The summed E-state index contributed by atoms with van der Waals surface area (Å²) in [7, 11) is -3.16. The molecule has 2 heterocycles. The molecule has 0 aliphatic carbocycles. The highest BCUT2D eigenvalue weighted by molar-refractivity contribution is 7.81. The van der Waals surface area contributed by atoms with Crippen molar-refractivity contribution in [2.45, 2.75) is 0 Å². The summed E-state index contributed by atoms with van der Waals surface area (Å²) in [5.41, 5.74) is 8.70. The van der Waals surface area contributed by atoms with Crippen LogP contribution in [-0.4, -0.2) is 0 Å². The summed E-state index contributed by atoms with van der Waals surface area (Å²) in [6, 6.07) is 46.4. The van der Waals surface area contributed by atoms with E-state index >= 15 is 4.57 Å². The minimum atomic E-state index is -3.16. The van der Waals surface area contributed by atoms with Gasteiger partial charge in [-0.25, -0.2) is 0 Å². The first kappa shape index (κ1) is 20.8. The van der Waals surface area contributed by atoms with Crippen molar-refractivity contribution in [3.8, 4) is 33.4 Å². The maximum atomic E-state index is 15.4. The van der Waals surface area contributed by atoms with E-state index in [1.165, 1.54) is 16.3 Å². The minimum absolute atomic E-state index is 0.902. The number of anilines is 2. The molecule has 0 bridgehead atoms. The molecule has 0 fully saturated rings. The average Bonchev–Trinajstić information content (AvgIpc) is 2.97. The molecule has 1 atom stereocenters. The first-order valence-electron chi connectivity index (χ1n) is 12.6. The van der Waals surface area contributed by atoms with Gasteiger partial charge in [-0.1, -0.05) is 103 Å². The molecular weight excluding hydrogens is 469 g/mol. The van der Waals surface area contributed by atoms with Gasteiger partial charge in [0.25, 0.3) is 0 Å². The summed E-state index contributed by atoms with van der Waals surface area (Å²) < 4.78 is 17.6. The van der Waals surface area contributed by atoms with Gasteiger partial charge >= 0.3 is 0 Å². The van der Waals surface area contributed by atoms with Gasteiger partial charge in [0.2, 0.25) is 7.29 Å². The lowest BCUT2D eigenvalue weighted by atomic mass is 9.93. The second kappa shape index (κ2) is 7.56. The van der Waals surface area contributed by atoms with Crippen LogP contribution >= 0.6 is 7.29 Å². The Morgan fingerprint density at radius 1 is 0.459 bits per heavy atom. The number of hydrogen-bond donors (Lipinski definition) is 0. The van der Waals surface area contributed by atoms with Crippen molar-refractivity contribution in [3.63, 3.8) is 0 Å². The fourth-order valence-corrected chi connectivity index (χ4v) is 9.44. The smallest absolute Gasteiger partial charge is 0.235 e. The minimum Gasteiger partial charge on any atom is -0.289 e. The predicted molar refractivity (Wildman–Crippen MR) is 156 cm³/mol. The second-order valence-corrected chi connectivity index (χ2v) is 12.2. The van der Waals surface area contributed by atoms with Crippen molar-refractivity contribution in [2.75, 3.05) is 4.67 Å². The van der Waals surface area contributed by atoms with Crippen LogP contribution in [0.1, 0.15) is 0 Å². The molecule has 0 spiro atoms. The number of rotatable bonds is 1. The van der Waals surface area contributed by atoms with Crippen LogP contribution in [0, 0.1) is 0 Å². The standard InChI is InChI=1S/C34H22NOP/c36-37-33-18-7-4-14-28(33)27-13-3-6-17-31(27)35(37)32-21-20-24(22-30(32)29-15-5-8-19-34(29)37)26-16-9-11-23-10-1-2-12-25(23)26/h1-22H. The maximum Gasteiger partial charge on any atom is 0.235 e. The zero-order valence-corrected chi connectivity index (χ0v) is 20.9. The van der Waals surface area contributed by atoms with Gasteiger partial charge in [0.05, 0.1) is 11.4 Å². The van der Waals surface area contributed by atoms with E-state index in [1.54, 1.807) is 0 Å². The van der Waals surface area contributed by atoms with Crippen molar-refractivity contribution in [1.82, 2.24) is 0 Å². The SMILES string of the molecule is O=P12c3ccccc3-c3ccccc3N1c1ccc(-c3cccc4ccccc34)cc1-c1ccccc12. The van der Waals surface area contributed by atoms with Crippen molar-refractivity contribution in [3.05, 3.63) is 133 Å². The number of para-hydroxylation sites is 1. The van der Waals surface area contributed by atoms with Crippen LogP contribution < -0.4 is 15.3 Å². The van der Waals surface area contributed by atoms with Crippen molar-refractivity contribution < 1.29 is 4.57 Å². The highest BCUT2D eigenvalue weighted by atomic mass is 31.2. The van der Waals surface area contributed by atoms with Gasteiger partial charge in [-0.3, -0.25) is 9.24 Å². The molecule has 2 aliphatic heterocycles. The lowest BCUT2D eigenvalue weighted by molar-refractivity contribution is 0.586. The van der Waals surface area contributed by atoms with Gasteiger partial charge in [0, 0.05) is 21.7 Å². The first-order valence-corrected chi connectivity index (χ1v) is 14.2. The molecule has 0 aromatic heterocycles. The molecule has 0 amide bonds. The highest BCUT2D eigenvalue weighted by Crippen LogP contribution is 2.65. The van der Waals surface area contributed by atoms with E-state index in [2.05, 4.69) is 108 Å². The molecule has 6 aromatic rings. The van der Waals surface area contributed by atoms with E-state index in [1.807, 2.05) is 30.3 Å². The quantitative estimate of drug-likeness (QED) is 0.215. The first-order chi connectivity index (χ1) is 18.2. The van der Waals surface area contributed by atoms with Crippen LogP contribution in [-0.2, 0) is 4.57 Å². The number of nitrogens with zero attached hydrogens (tertiary/aromatic N) is 1. The van der Waals surface area contributed by atoms with E-state index in [4.69, 9.17) is 0 Å². The van der Waals surface area contributed by atoms with Crippen molar-refractivity contribution >= 4 is 40.0 Å². The molecule has 2 aliphatic rings. The molecule has 1 unspecified atom stereocenters. The molecule has 0 radical (unpaired) electrons. The Balaban J connectivity index is 1.46. The largest absolute Gasteiger partial charge is 0.289 e. The Kier molecular flexibility index (Phi) is 4.24. The molecule has 37 heavy (non-hydrogen) atoms. The van der Waals surface area contributed by atoms with E-state index in [-0.39, 0.29) is 0 Å². The summed E-state index contributed by atoms with van der Waals surface area (Å²) in [5.74, 6) is 0. The molecule has 8 rings (SSSR count). The Morgan fingerprint density at radius 2 is 1.03 bits per heavy atom. The molecule has 0 saturated carbocycles. The van der Waals surface area contributed by atoms with Crippen LogP contribution in [0.5, 0.6) is 0 Å². The summed E-state index contributed by atoms with van der Waals surface area (Å²) in [4.78, 5) is 0. The van der Waals surface area contributed by atoms with Crippen molar-refractivity contribution in [1.29, 1.82) is 0 Å². The third-order valence-electron chi connectivity index (χ3n) is 7.78. The third kappa shape index (κ3) is 2.74. The van der Waals surface area contributed by atoms with Crippen molar-refractivity contribution in [2.24, 2.45) is 0 Å². The Labute approximate surface area is 215 Å². The number of hydrogen-bond acceptors (Lipinski definition) is 1. The number of fused-ring (bicyclic) bond motifs is 12. The Bertz CT molecular complexity index is 1930. The van der Waals surface area contributed by atoms with E-state index < -0.39 is 7.29 Å². The van der Waals surface area contributed by atoms with E-state index in [9.17, 15) is 0 Å². The average molecular weight is 492 g/mol. The monoisotopic (exact) mass is 491 g/mol.